The molecule has 2 heterocycles. The quantitative estimate of drug-likeness (QED) is 0.190. The van der Waals surface area contributed by atoms with Crippen LogP contribution in [0.4, 0.5) is 0 Å². The average Bonchev–Trinajstić information content (AvgIpc) is 3.61. The van der Waals surface area contributed by atoms with Crippen molar-refractivity contribution in [2.24, 2.45) is 0 Å². The molecule has 5 heteroatoms. The fraction of sp³-hybridized carbons (Fsp3) is 0.0217. The molecule has 0 spiro atoms. The maximum Gasteiger partial charge on any atom is 0.0998 e. The minimum Gasteiger partial charge on any atom is -0.313 e. The van der Waals surface area contributed by atoms with Gasteiger partial charge in [0, 0.05) is 44.8 Å². The number of nitrogens with zero attached hydrogens (tertiary/aromatic N) is 5. The summed E-state index contributed by atoms with van der Waals surface area (Å²) in [6.07, 6.45) is 6.67. The first-order valence-corrected chi connectivity index (χ1v) is 16.8. The predicted octanol–water partition coefficient (Wildman–Crippen LogP) is 11.1. The van der Waals surface area contributed by atoms with Crippen LogP contribution in [0.15, 0.2) is 157 Å². The first kappa shape index (κ1) is 29.7. The van der Waals surface area contributed by atoms with Crippen LogP contribution in [0, 0.1) is 34.0 Å². The number of rotatable bonds is 4. The van der Waals surface area contributed by atoms with E-state index in [4.69, 9.17) is 0 Å². The van der Waals surface area contributed by atoms with E-state index in [2.05, 4.69) is 106 Å². The number of allylic oxidation sites excluding steroid dienone is 6. The molecule has 0 amide bonds. The van der Waals surface area contributed by atoms with E-state index < -0.39 is 0 Å². The van der Waals surface area contributed by atoms with Crippen LogP contribution in [0.5, 0.6) is 0 Å². The number of nitriles is 3. The number of aromatic nitrogens is 2. The minimum atomic E-state index is 0.504. The Balaban J connectivity index is 1.29. The number of hydrogen-bond donors (Lipinski definition) is 0. The third kappa shape index (κ3) is 4.60. The molecule has 51 heavy (non-hydrogen) atoms. The van der Waals surface area contributed by atoms with Gasteiger partial charge in [-0.3, -0.25) is 0 Å². The maximum atomic E-state index is 10.8. The molecule has 0 radical (unpaired) electrons. The Kier molecular flexibility index (Phi) is 6.96. The predicted molar refractivity (Wildman–Crippen MR) is 206 cm³/mol. The van der Waals surface area contributed by atoms with Crippen LogP contribution in [0.3, 0.4) is 0 Å². The lowest BCUT2D eigenvalue weighted by molar-refractivity contribution is 1.14. The van der Waals surface area contributed by atoms with Gasteiger partial charge in [-0.2, -0.15) is 15.8 Å². The molecule has 1 aliphatic rings. The maximum absolute atomic E-state index is 10.8. The van der Waals surface area contributed by atoms with Crippen LogP contribution in [0.2, 0.25) is 0 Å². The van der Waals surface area contributed by atoms with Gasteiger partial charge in [0.15, 0.2) is 0 Å². The number of hydrogen-bond acceptors (Lipinski definition) is 3. The Morgan fingerprint density at radius 3 is 1.80 bits per heavy atom. The standard InChI is InChI=1S/C46H27N5/c47-27-30-23-24-45-40(25-30)37-15-3-5-19-41(37)50(45)33-12-10-17-34(32(26-33)29-49)38-18-9-11-31(28-48)46(38)39-16-4-8-22-44(39)51-42-20-6-1-13-35(42)36-14-2-7-21-43(36)51/h1-11,13-26H,12H2. The molecule has 0 saturated heterocycles. The zero-order valence-electron chi connectivity index (χ0n) is 27.4. The molecule has 0 unspecified atom stereocenters. The largest absolute Gasteiger partial charge is 0.313 e. The van der Waals surface area contributed by atoms with Gasteiger partial charge in [0.2, 0.25) is 0 Å². The summed E-state index contributed by atoms with van der Waals surface area (Å²) < 4.78 is 4.47. The second-order valence-electron chi connectivity index (χ2n) is 12.6. The van der Waals surface area contributed by atoms with E-state index in [9.17, 15) is 15.8 Å². The van der Waals surface area contributed by atoms with Crippen LogP contribution >= 0.6 is 0 Å². The van der Waals surface area contributed by atoms with Gasteiger partial charge in [-0.05, 0) is 65.7 Å². The first-order chi connectivity index (χ1) is 25.2. The summed E-state index contributed by atoms with van der Waals surface area (Å²) in [6.45, 7) is 0. The Labute approximate surface area is 294 Å². The molecule has 8 aromatic rings. The number of benzene rings is 6. The lowest BCUT2D eigenvalue weighted by atomic mass is 9.88. The summed E-state index contributed by atoms with van der Waals surface area (Å²) in [7, 11) is 0. The topological polar surface area (TPSA) is 81.2 Å². The summed E-state index contributed by atoms with van der Waals surface area (Å²) in [5.74, 6) is 0. The number of para-hydroxylation sites is 4. The smallest absolute Gasteiger partial charge is 0.0998 e. The molecule has 0 saturated carbocycles. The second-order valence-corrected chi connectivity index (χ2v) is 12.6. The average molecular weight is 650 g/mol. The van der Waals surface area contributed by atoms with Crippen LogP contribution in [0.25, 0.3) is 71.7 Å². The van der Waals surface area contributed by atoms with Crippen LogP contribution in [-0.2, 0) is 0 Å². The fourth-order valence-electron chi connectivity index (χ4n) is 7.75. The molecule has 0 atom stereocenters. The van der Waals surface area contributed by atoms with Gasteiger partial charge >= 0.3 is 0 Å². The fourth-order valence-corrected chi connectivity index (χ4v) is 7.75. The van der Waals surface area contributed by atoms with Crippen molar-refractivity contribution in [3.8, 4) is 35.0 Å². The van der Waals surface area contributed by atoms with E-state index in [1.54, 1.807) is 0 Å². The van der Waals surface area contributed by atoms with Crippen LogP contribution in [0.1, 0.15) is 23.1 Å². The van der Waals surface area contributed by atoms with Gasteiger partial charge < -0.3 is 9.13 Å². The lowest BCUT2D eigenvalue weighted by Gasteiger charge is -2.18. The second kappa shape index (κ2) is 11.9. The van der Waals surface area contributed by atoms with Gasteiger partial charge in [0.1, 0.15) is 0 Å². The van der Waals surface area contributed by atoms with E-state index in [1.807, 2.05) is 72.8 Å². The van der Waals surface area contributed by atoms with Gasteiger partial charge in [-0.25, -0.2) is 0 Å². The lowest BCUT2D eigenvalue weighted by Crippen LogP contribution is -2.01. The van der Waals surface area contributed by atoms with Crippen molar-refractivity contribution in [3.05, 3.63) is 174 Å². The van der Waals surface area contributed by atoms with Gasteiger partial charge in [0.25, 0.3) is 0 Å². The summed E-state index contributed by atoms with van der Waals surface area (Å²) in [6, 6.07) is 51.9. The summed E-state index contributed by atoms with van der Waals surface area (Å²) in [4.78, 5) is 0. The monoisotopic (exact) mass is 649 g/mol. The van der Waals surface area contributed by atoms with E-state index in [-0.39, 0.29) is 0 Å². The first-order valence-electron chi connectivity index (χ1n) is 16.8. The third-order valence-electron chi connectivity index (χ3n) is 9.89. The minimum absolute atomic E-state index is 0.504. The van der Waals surface area contributed by atoms with Crippen molar-refractivity contribution < 1.29 is 0 Å². The Hall–Kier alpha value is -7.39. The SMILES string of the molecule is N#CC1=C(c2cccc(C#N)c2-c2ccccc2-n2c3ccccc3c3ccccc32)C=CCC(n2c3ccccc3c3cc(C#N)ccc32)=C1. The van der Waals surface area contributed by atoms with Crippen molar-refractivity contribution in [1.29, 1.82) is 15.8 Å². The highest BCUT2D eigenvalue weighted by Crippen LogP contribution is 2.42. The normalized spacial score (nSPS) is 12.9. The van der Waals surface area contributed by atoms with Gasteiger partial charge in [-0.1, -0.05) is 97.1 Å². The molecule has 9 rings (SSSR count). The van der Waals surface area contributed by atoms with E-state index in [0.717, 1.165) is 77.3 Å². The van der Waals surface area contributed by atoms with Gasteiger partial charge in [0.05, 0.1) is 62.7 Å². The van der Waals surface area contributed by atoms with Crippen molar-refractivity contribution in [2.45, 2.75) is 6.42 Å². The molecule has 0 fully saturated rings. The van der Waals surface area contributed by atoms with Crippen LogP contribution < -0.4 is 0 Å². The van der Waals surface area contributed by atoms with Gasteiger partial charge in [-0.15, -0.1) is 0 Å². The molecule has 5 nitrogen and oxygen atoms in total. The summed E-state index contributed by atoms with van der Waals surface area (Å²) in [5.41, 5.74) is 10.9. The zero-order chi connectivity index (χ0) is 34.5. The van der Waals surface area contributed by atoms with E-state index in [0.29, 0.717) is 23.1 Å². The molecular weight excluding hydrogens is 623 g/mol. The van der Waals surface area contributed by atoms with Crippen molar-refractivity contribution >= 4 is 54.9 Å². The molecule has 0 N–H and O–H groups in total. The summed E-state index contributed by atoms with van der Waals surface area (Å²) >= 11 is 0. The number of fused-ring (bicyclic) bond motifs is 6. The van der Waals surface area contributed by atoms with Crippen molar-refractivity contribution in [1.82, 2.24) is 9.13 Å². The molecule has 0 aliphatic heterocycles. The highest BCUT2D eigenvalue weighted by molar-refractivity contribution is 6.11. The highest BCUT2D eigenvalue weighted by atomic mass is 15.0. The highest BCUT2D eigenvalue weighted by Gasteiger charge is 2.23. The molecule has 0 bridgehead atoms. The Morgan fingerprint density at radius 2 is 1.12 bits per heavy atom. The molecule has 2 aromatic heterocycles. The molecule has 6 aromatic carbocycles. The van der Waals surface area contributed by atoms with Crippen molar-refractivity contribution in [3.63, 3.8) is 0 Å². The Bertz CT molecular complexity index is 2920. The van der Waals surface area contributed by atoms with E-state index >= 15 is 0 Å². The molecule has 236 valence electrons. The van der Waals surface area contributed by atoms with Crippen molar-refractivity contribution in [2.75, 3.05) is 0 Å². The molecule has 1 aliphatic carbocycles. The Morgan fingerprint density at radius 1 is 0.510 bits per heavy atom. The van der Waals surface area contributed by atoms with E-state index in [1.165, 1.54) is 0 Å². The van der Waals surface area contributed by atoms with Crippen LogP contribution in [-0.4, -0.2) is 9.13 Å². The third-order valence-corrected chi connectivity index (χ3v) is 9.89. The summed E-state index contributed by atoms with van der Waals surface area (Å²) in [5, 5.41) is 35.3. The zero-order valence-corrected chi connectivity index (χ0v) is 27.4. The molecular formula is C46H27N5.